The van der Waals surface area contributed by atoms with Crippen LogP contribution in [0, 0.1) is 23.7 Å². The fraction of sp³-hybridized carbons (Fsp3) is 0.588. The molecule has 0 aliphatic carbocycles. The third-order valence-corrected chi connectivity index (χ3v) is 2.58. The zero-order valence-corrected chi connectivity index (χ0v) is 12.4. The maximum Gasteiger partial charge on any atom is 0.334 e. The van der Waals surface area contributed by atoms with Crippen LogP contribution >= 0.6 is 0 Å². The van der Waals surface area contributed by atoms with Crippen molar-refractivity contribution in [3.63, 3.8) is 0 Å². The lowest BCUT2D eigenvalue weighted by Crippen LogP contribution is -2.21. The molecule has 0 radical (unpaired) electrons. The van der Waals surface area contributed by atoms with E-state index in [1.165, 1.54) is 7.11 Å². The maximum atomic E-state index is 10.9. The summed E-state index contributed by atoms with van der Waals surface area (Å²) in [6, 6.07) is 0. The van der Waals surface area contributed by atoms with Crippen LogP contribution in [-0.2, 0) is 9.53 Å². The lowest BCUT2D eigenvalue weighted by molar-refractivity contribution is -0.150. The highest BCUT2D eigenvalue weighted by Gasteiger charge is 2.13. The predicted molar refractivity (Wildman–Crippen MR) is 80.7 cm³/mol. The first-order valence-electron chi connectivity index (χ1n) is 7.10. The second-order valence-corrected chi connectivity index (χ2v) is 4.36. The van der Waals surface area contributed by atoms with Crippen molar-refractivity contribution < 1.29 is 14.6 Å². The third-order valence-electron chi connectivity index (χ3n) is 2.58. The average molecular weight is 276 g/mol. The van der Waals surface area contributed by atoms with E-state index in [1.54, 1.807) is 12.2 Å². The van der Waals surface area contributed by atoms with Gasteiger partial charge in [-0.15, -0.1) is 0 Å². The van der Waals surface area contributed by atoms with Gasteiger partial charge in [0.2, 0.25) is 0 Å². The third kappa shape index (κ3) is 11.4. The van der Waals surface area contributed by atoms with E-state index in [4.69, 9.17) is 0 Å². The topological polar surface area (TPSA) is 46.5 Å². The van der Waals surface area contributed by atoms with E-state index in [2.05, 4.69) is 35.3 Å². The smallest absolute Gasteiger partial charge is 0.334 e. The van der Waals surface area contributed by atoms with Crippen molar-refractivity contribution in [1.82, 2.24) is 0 Å². The number of methoxy groups -OCH3 is 1. The number of hydrogen-bond acceptors (Lipinski definition) is 3. The van der Waals surface area contributed by atoms with Crippen molar-refractivity contribution in [2.45, 2.75) is 58.0 Å². The summed E-state index contributed by atoms with van der Waals surface area (Å²) in [7, 11) is 1.28. The molecule has 0 saturated heterocycles. The minimum absolute atomic E-state index is 0.451. The first kappa shape index (κ1) is 18.3. The minimum Gasteiger partial charge on any atom is -0.467 e. The number of esters is 1. The molecule has 0 bridgehead atoms. The summed E-state index contributed by atoms with van der Waals surface area (Å²) in [4.78, 5) is 10.9. The molecule has 0 heterocycles. The molecular formula is C17H24O3. The van der Waals surface area contributed by atoms with Crippen molar-refractivity contribution in [2.24, 2.45) is 0 Å². The van der Waals surface area contributed by atoms with Crippen molar-refractivity contribution in [1.29, 1.82) is 0 Å². The van der Waals surface area contributed by atoms with Gasteiger partial charge in [-0.1, -0.05) is 43.4 Å². The molecule has 3 nitrogen and oxygen atoms in total. The molecule has 20 heavy (non-hydrogen) atoms. The first-order chi connectivity index (χ1) is 9.72. The van der Waals surface area contributed by atoms with Gasteiger partial charge in [-0.05, 0) is 31.4 Å². The number of aliphatic hydroxyl groups excluding tert-OH is 1. The Morgan fingerprint density at radius 2 is 1.80 bits per heavy atom. The quantitative estimate of drug-likeness (QED) is 0.442. The maximum absolute atomic E-state index is 10.9. The summed E-state index contributed by atoms with van der Waals surface area (Å²) < 4.78 is 4.44. The molecule has 1 N–H and O–H groups in total. The summed E-state index contributed by atoms with van der Waals surface area (Å²) in [5.41, 5.74) is 0. The van der Waals surface area contributed by atoms with Crippen LogP contribution in [0.15, 0.2) is 12.2 Å². The average Bonchev–Trinajstić information content (AvgIpc) is 2.47. The van der Waals surface area contributed by atoms with Crippen LogP contribution in [0.3, 0.4) is 0 Å². The van der Waals surface area contributed by atoms with Gasteiger partial charge >= 0.3 is 5.97 Å². The Bertz CT molecular complexity index is 401. The molecule has 0 aromatic carbocycles. The van der Waals surface area contributed by atoms with Crippen LogP contribution in [0.2, 0.25) is 0 Å². The Hall–Kier alpha value is -1.71. The molecule has 0 saturated carbocycles. The van der Waals surface area contributed by atoms with Gasteiger partial charge in [0.1, 0.15) is 0 Å². The predicted octanol–water partition coefficient (Wildman–Crippen LogP) is 2.83. The molecule has 3 heteroatoms. The van der Waals surface area contributed by atoms with Crippen molar-refractivity contribution in [3.05, 3.63) is 12.2 Å². The van der Waals surface area contributed by atoms with Gasteiger partial charge in [-0.3, -0.25) is 0 Å². The van der Waals surface area contributed by atoms with E-state index in [1.807, 2.05) is 0 Å². The fourth-order valence-corrected chi connectivity index (χ4v) is 1.45. The highest BCUT2D eigenvalue weighted by Crippen LogP contribution is 2.06. The summed E-state index contributed by atoms with van der Waals surface area (Å²) in [6.07, 6.45) is 8.55. The van der Waals surface area contributed by atoms with Crippen molar-refractivity contribution >= 4 is 5.97 Å². The molecule has 1 unspecified atom stereocenters. The van der Waals surface area contributed by atoms with Gasteiger partial charge < -0.3 is 9.84 Å². The largest absolute Gasteiger partial charge is 0.467 e. The fourth-order valence-electron chi connectivity index (χ4n) is 1.45. The number of rotatable bonds is 7. The van der Waals surface area contributed by atoms with E-state index in [-0.39, 0.29) is 0 Å². The van der Waals surface area contributed by atoms with E-state index >= 15 is 0 Å². The molecule has 0 fully saturated rings. The Morgan fingerprint density at radius 1 is 1.15 bits per heavy atom. The lowest BCUT2D eigenvalue weighted by atomic mass is 10.1. The number of carbonyl (C=O) groups is 1. The number of aliphatic hydroxyl groups is 1. The van der Waals surface area contributed by atoms with Crippen LogP contribution in [0.5, 0.6) is 0 Å². The highest BCUT2D eigenvalue weighted by molar-refractivity contribution is 5.74. The number of hydrogen-bond donors (Lipinski definition) is 1. The lowest BCUT2D eigenvalue weighted by Gasteiger charge is -2.06. The van der Waals surface area contributed by atoms with Crippen molar-refractivity contribution in [2.75, 3.05) is 7.11 Å². The summed E-state index contributed by atoms with van der Waals surface area (Å²) >= 11 is 0. The molecule has 0 aromatic rings. The van der Waals surface area contributed by atoms with Gasteiger partial charge in [0.25, 0.3) is 0 Å². The van der Waals surface area contributed by atoms with Crippen LogP contribution in [0.25, 0.3) is 0 Å². The Labute approximate surface area is 122 Å². The van der Waals surface area contributed by atoms with E-state index in [0.717, 1.165) is 38.5 Å². The molecule has 0 rings (SSSR count). The monoisotopic (exact) mass is 276 g/mol. The van der Waals surface area contributed by atoms with Gasteiger partial charge in [0.15, 0.2) is 6.10 Å². The molecule has 0 aromatic heterocycles. The molecule has 1 atom stereocenters. The van der Waals surface area contributed by atoms with Gasteiger partial charge in [-0.2, -0.15) is 0 Å². The SMILES string of the molecule is CCCC#C/C=C\C#CCCCCCC(O)C(=O)OC. The number of allylic oxidation sites excluding steroid dienone is 2. The Kier molecular flexibility index (Phi) is 12.5. The highest BCUT2D eigenvalue weighted by atomic mass is 16.5. The second kappa shape index (κ2) is 13.7. The van der Waals surface area contributed by atoms with Gasteiger partial charge in [0.05, 0.1) is 7.11 Å². The molecule has 0 amide bonds. The van der Waals surface area contributed by atoms with E-state index in [0.29, 0.717) is 6.42 Å². The summed E-state index contributed by atoms with van der Waals surface area (Å²) in [5, 5.41) is 9.35. The molecule has 0 aliphatic heterocycles. The normalized spacial score (nSPS) is 11.2. The number of ether oxygens (including phenoxy) is 1. The van der Waals surface area contributed by atoms with Crippen LogP contribution < -0.4 is 0 Å². The van der Waals surface area contributed by atoms with Crippen LogP contribution in [0.4, 0.5) is 0 Å². The molecule has 0 spiro atoms. The van der Waals surface area contributed by atoms with Gasteiger partial charge in [-0.25, -0.2) is 4.79 Å². The zero-order valence-electron chi connectivity index (χ0n) is 12.4. The van der Waals surface area contributed by atoms with E-state index in [9.17, 15) is 9.90 Å². The van der Waals surface area contributed by atoms with Crippen LogP contribution in [-0.4, -0.2) is 24.3 Å². The molecule has 110 valence electrons. The molecule has 0 aliphatic rings. The van der Waals surface area contributed by atoms with Crippen molar-refractivity contribution in [3.8, 4) is 23.7 Å². The summed E-state index contributed by atoms with van der Waals surface area (Å²) in [6.45, 7) is 2.10. The summed E-state index contributed by atoms with van der Waals surface area (Å²) in [5.74, 6) is 11.3. The second-order valence-electron chi connectivity index (χ2n) is 4.36. The molecular weight excluding hydrogens is 252 g/mol. The standard InChI is InChI=1S/C17H24O3/c1-3-4-5-6-7-8-9-10-11-12-13-14-15-16(18)17(19)20-2/h7-8,16,18H,3-4,11-15H2,1-2H3/b8-7-. The van der Waals surface area contributed by atoms with Crippen LogP contribution in [0.1, 0.15) is 51.9 Å². The van der Waals surface area contributed by atoms with Gasteiger partial charge in [0, 0.05) is 12.8 Å². The Morgan fingerprint density at radius 3 is 2.40 bits per heavy atom. The first-order valence-corrected chi connectivity index (χ1v) is 7.10. The number of carbonyl (C=O) groups excluding carboxylic acids is 1. The number of unbranched alkanes of at least 4 members (excludes halogenated alkanes) is 4. The zero-order chi connectivity index (χ0) is 15.1. The van der Waals surface area contributed by atoms with E-state index < -0.39 is 12.1 Å². The Balaban J connectivity index is 3.54. The minimum atomic E-state index is -0.990.